The number of fused-ring (bicyclic) bond motifs is 1. The molecule has 0 bridgehead atoms. The number of amides is 1. The van der Waals surface area contributed by atoms with Crippen LogP contribution in [-0.4, -0.2) is 52.7 Å². The molecule has 0 radical (unpaired) electrons. The Hall–Kier alpha value is -2.82. The number of halogens is 1. The molecule has 0 spiro atoms. The summed E-state index contributed by atoms with van der Waals surface area (Å²) in [6.07, 6.45) is 7.29. The molecular weight excluding hydrogens is 452 g/mol. The number of hydrogen-bond acceptors (Lipinski definition) is 6. The molecule has 2 aromatic rings. The maximum absolute atomic E-state index is 13.1. The topological polar surface area (TPSA) is 89.7 Å². The van der Waals surface area contributed by atoms with Crippen LogP contribution in [0.25, 0.3) is 0 Å². The molecule has 3 aliphatic rings. The summed E-state index contributed by atoms with van der Waals surface area (Å²) >= 11 is 6.13. The van der Waals surface area contributed by atoms with Gasteiger partial charge < -0.3 is 19.6 Å². The predicted molar refractivity (Wildman–Crippen MR) is 129 cm³/mol. The van der Waals surface area contributed by atoms with Gasteiger partial charge in [0.25, 0.3) is 5.91 Å². The molecule has 178 valence electrons. The number of nitriles is 1. The number of pyridine rings is 1. The number of hydrogen-bond donors (Lipinski definition) is 1. The molecule has 7 nitrogen and oxygen atoms in total. The molecular formula is C26H29ClN4O3. The molecule has 8 heteroatoms. The SMILES string of the molecule is N#Cc1ccc(OC2CCC(N3Cc4cc(N5CCC(CO)CC5)ncc4C3=O)CC2)cc1Cl. The first kappa shape index (κ1) is 22.9. The minimum Gasteiger partial charge on any atom is -0.490 e. The fraction of sp³-hybridized carbons (Fsp3) is 0.500. The van der Waals surface area contributed by atoms with E-state index in [4.69, 9.17) is 21.6 Å². The second-order valence-electron chi connectivity index (χ2n) is 9.55. The number of aromatic nitrogens is 1. The van der Waals surface area contributed by atoms with Gasteiger partial charge in [-0.25, -0.2) is 4.98 Å². The van der Waals surface area contributed by atoms with Crippen LogP contribution in [0.1, 0.15) is 60.0 Å². The third kappa shape index (κ3) is 4.57. The molecule has 3 heterocycles. The van der Waals surface area contributed by atoms with Crippen LogP contribution in [0.15, 0.2) is 30.5 Å². The van der Waals surface area contributed by atoms with Crippen molar-refractivity contribution >= 4 is 23.3 Å². The highest BCUT2D eigenvalue weighted by molar-refractivity contribution is 6.31. The molecule has 1 saturated carbocycles. The molecule has 1 saturated heterocycles. The third-order valence-corrected chi connectivity index (χ3v) is 7.76. The lowest BCUT2D eigenvalue weighted by Crippen LogP contribution is -2.40. The van der Waals surface area contributed by atoms with Gasteiger partial charge in [0.05, 0.1) is 22.3 Å². The highest BCUT2D eigenvalue weighted by atomic mass is 35.5. The Kier molecular flexibility index (Phi) is 6.62. The van der Waals surface area contributed by atoms with Gasteiger partial charge in [-0.3, -0.25) is 4.79 Å². The normalized spacial score (nSPS) is 23.0. The van der Waals surface area contributed by atoms with Gasteiger partial charge in [-0.05, 0) is 68.2 Å². The van der Waals surface area contributed by atoms with Crippen LogP contribution in [0.3, 0.4) is 0 Å². The molecule has 5 rings (SSSR count). The van der Waals surface area contributed by atoms with Crippen molar-refractivity contribution < 1.29 is 14.6 Å². The second kappa shape index (κ2) is 9.81. The number of piperidine rings is 1. The zero-order chi connectivity index (χ0) is 23.7. The first-order chi connectivity index (χ1) is 16.6. The van der Waals surface area contributed by atoms with Gasteiger partial charge in [-0.15, -0.1) is 0 Å². The quantitative estimate of drug-likeness (QED) is 0.691. The van der Waals surface area contributed by atoms with Crippen molar-refractivity contribution in [1.29, 1.82) is 5.26 Å². The summed E-state index contributed by atoms with van der Waals surface area (Å²) in [5, 5.41) is 18.8. The van der Waals surface area contributed by atoms with Crippen molar-refractivity contribution in [1.82, 2.24) is 9.88 Å². The van der Waals surface area contributed by atoms with Crippen LogP contribution < -0.4 is 9.64 Å². The first-order valence-corrected chi connectivity index (χ1v) is 12.5. The van der Waals surface area contributed by atoms with E-state index < -0.39 is 0 Å². The van der Waals surface area contributed by atoms with Crippen molar-refractivity contribution in [3.8, 4) is 11.8 Å². The smallest absolute Gasteiger partial charge is 0.256 e. The van der Waals surface area contributed by atoms with Crippen LogP contribution in [0.5, 0.6) is 5.75 Å². The highest BCUT2D eigenvalue weighted by Crippen LogP contribution is 2.34. The van der Waals surface area contributed by atoms with Gasteiger partial charge in [0, 0.05) is 44.5 Å². The van der Waals surface area contributed by atoms with Crippen LogP contribution in [-0.2, 0) is 6.54 Å². The van der Waals surface area contributed by atoms with Gasteiger partial charge in [-0.2, -0.15) is 5.26 Å². The van der Waals surface area contributed by atoms with E-state index in [1.807, 2.05) is 4.90 Å². The Bertz CT molecular complexity index is 1100. The summed E-state index contributed by atoms with van der Waals surface area (Å²) in [7, 11) is 0. The summed E-state index contributed by atoms with van der Waals surface area (Å²) in [5.74, 6) is 2.08. The van der Waals surface area contributed by atoms with E-state index in [9.17, 15) is 9.90 Å². The van der Waals surface area contributed by atoms with E-state index in [1.165, 1.54) is 0 Å². The van der Waals surface area contributed by atoms with Crippen molar-refractivity contribution in [2.75, 3.05) is 24.6 Å². The average Bonchev–Trinajstić information content (AvgIpc) is 3.20. The summed E-state index contributed by atoms with van der Waals surface area (Å²) in [5.41, 5.74) is 2.22. The molecule has 2 fully saturated rings. The maximum atomic E-state index is 13.1. The number of aliphatic hydroxyl groups excluding tert-OH is 1. The standard InChI is InChI=1S/C26H29ClN4O3/c27-24-12-22(4-1-18(24)13-28)34-21-5-2-20(3-6-21)31-15-19-11-25(29-14-23(19)26(31)33)30-9-7-17(16-32)8-10-30/h1,4,11-12,14,17,20-21,32H,2-3,5-10,15-16H2. The van der Waals surface area contributed by atoms with Gasteiger partial charge in [0.2, 0.25) is 0 Å². The molecule has 1 aromatic carbocycles. The van der Waals surface area contributed by atoms with Gasteiger partial charge in [0.1, 0.15) is 17.6 Å². The van der Waals surface area contributed by atoms with Crippen molar-refractivity contribution in [2.45, 2.75) is 57.2 Å². The van der Waals surface area contributed by atoms with Gasteiger partial charge in [0.15, 0.2) is 0 Å². The lowest BCUT2D eigenvalue weighted by atomic mass is 9.92. The van der Waals surface area contributed by atoms with E-state index >= 15 is 0 Å². The Morgan fingerprint density at radius 3 is 2.59 bits per heavy atom. The molecule has 1 N–H and O–H groups in total. The van der Waals surface area contributed by atoms with Crippen LogP contribution in [0.4, 0.5) is 5.82 Å². The number of anilines is 1. The Labute approximate surface area is 204 Å². The molecule has 34 heavy (non-hydrogen) atoms. The zero-order valence-electron chi connectivity index (χ0n) is 19.1. The van der Waals surface area contributed by atoms with E-state index in [0.29, 0.717) is 28.8 Å². The Morgan fingerprint density at radius 1 is 1.15 bits per heavy atom. The summed E-state index contributed by atoms with van der Waals surface area (Å²) in [6.45, 7) is 2.67. The van der Waals surface area contributed by atoms with Crippen LogP contribution in [0, 0.1) is 17.2 Å². The van der Waals surface area contributed by atoms with E-state index in [2.05, 4.69) is 22.0 Å². The summed E-state index contributed by atoms with van der Waals surface area (Å²) in [6, 6.07) is 9.51. The fourth-order valence-electron chi connectivity index (χ4n) is 5.36. The minimum atomic E-state index is 0.0791. The fourth-order valence-corrected chi connectivity index (χ4v) is 5.57. The molecule has 1 aliphatic carbocycles. The number of carbonyl (C=O) groups is 1. The third-order valence-electron chi connectivity index (χ3n) is 7.45. The predicted octanol–water partition coefficient (Wildman–Crippen LogP) is 4.16. The maximum Gasteiger partial charge on any atom is 0.256 e. The van der Waals surface area contributed by atoms with E-state index in [-0.39, 0.29) is 24.7 Å². The van der Waals surface area contributed by atoms with Crippen molar-refractivity contribution in [2.24, 2.45) is 5.92 Å². The molecule has 1 amide bonds. The van der Waals surface area contributed by atoms with Gasteiger partial charge in [-0.1, -0.05) is 11.6 Å². The zero-order valence-corrected chi connectivity index (χ0v) is 19.9. The van der Waals surface area contributed by atoms with Crippen molar-refractivity contribution in [3.63, 3.8) is 0 Å². The van der Waals surface area contributed by atoms with Gasteiger partial charge >= 0.3 is 0 Å². The summed E-state index contributed by atoms with van der Waals surface area (Å²) < 4.78 is 6.11. The molecule has 0 atom stereocenters. The lowest BCUT2D eigenvalue weighted by molar-refractivity contribution is 0.0561. The number of carbonyl (C=O) groups excluding carboxylic acids is 1. The average molecular weight is 481 g/mol. The number of aliphatic hydroxyl groups is 1. The second-order valence-corrected chi connectivity index (χ2v) is 9.95. The lowest BCUT2D eigenvalue weighted by Gasteiger charge is -2.34. The summed E-state index contributed by atoms with van der Waals surface area (Å²) in [4.78, 5) is 22.0. The van der Waals surface area contributed by atoms with E-state index in [0.717, 1.165) is 68.6 Å². The molecule has 0 unspecified atom stereocenters. The Morgan fingerprint density at radius 2 is 1.91 bits per heavy atom. The number of ether oxygens (including phenoxy) is 1. The molecule has 1 aromatic heterocycles. The van der Waals surface area contributed by atoms with Crippen molar-refractivity contribution in [3.05, 3.63) is 52.2 Å². The largest absolute Gasteiger partial charge is 0.490 e. The van der Waals surface area contributed by atoms with Crippen LogP contribution in [0.2, 0.25) is 5.02 Å². The Balaban J connectivity index is 1.18. The van der Waals surface area contributed by atoms with E-state index in [1.54, 1.807) is 24.4 Å². The minimum absolute atomic E-state index is 0.0791. The number of nitrogens with zero attached hydrogens (tertiary/aromatic N) is 4. The molecule has 2 aliphatic heterocycles. The highest BCUT2D eigenvalue weighted by Gasteiger charge is 2.36. The van der Waals surface area contributed by atoms with Crippen LogP contribution >= 0.6 is 11.6 Å². The first-order valence-electron chi connectivity index (χ1n) is 12.1. The monoisotopic (exact) mass is 480 g/mol. The number of rotatable bonds is 5. The number of benzene rings is 1.